The molecule has 0 N–H and O–H groups in total. The lowest BCUT2D eigenvalue weighted by molar-refractivity contribution is -0.870. The Labute approximate surface area is 113 Å². The van der Waals surface area contributed by atoms with Gasteiger partial charge in [0.15, 0.2) is 0 Å². The van der Waals surface area contributed by atoms with Crippen LogP contribution in [0.4, 0.5) is 0 Å². The van der Waals surface area contributed by atoms with Crippen LogP contribution in [0.2, 0.25) is 0 Å². The third-order valence-electron chi connectivity index (χ3n) is 2.95. The highest BCUT2D eigenvalue weighted by Gasteiger charge is 2.29. The summed E-state index contributed by atoms with van der Waals surface area (Å²) in [5.41, 5.74) is 0.161. The Balaban J connectivity index is 4.33. The van der Waals surface area contributed by atoms with Gasteiger partial charge in [0.1, 0.15) is 13.2 Å². The van der Waals surface area contributed by atoms with E-state index in [1.165, 1.54) is 0 Å². The number of nitrogens with zero attached hydrogens (tertiary/aromatic N) is 1. The first kappa shape index (κ1) is 17.4. The molecule has 18 heavy (non-hydrogen) atoms. The number of rotatable bonds is 6. The maximum atomic E-state index is 12.1. The van der Waals surface area contributed by atoms with Crippen LogP contribution in [0.15, 0.2) is 0 Å². The fraction of sp³-hybridized carbons (Fsp3) is 0.933. The number of carbonyl (C=O) groups is 1. The zero-order valence-electron chi connectivity index (χ0n) is 13.5. The van der Waals surface area contributed by atoms with E-state index in [2.05, 4.69) is 55.8 Å². The van der Waals surface area contributed by atoms with E-state index in [-0.39, 0.29) is 17.3 Å². The topological polar surface area (TPSA) is 26.3 Å². The Morgan fingerprint density at radius 2 is 1.67 bits per heavy atom. The van der Waals surface area contributed by atoms with Crippen LogP contribution in [0, 0.1) is 17.3 Å². The molecule has 0 spiro atoms. The molecule has 0 aliphatic carbocycles. The molecule has 0 aromatic carbocycles. The van der Waals surface area contributed by atoms with Crippen molar-refractivity contribution in [2.75, 3.05) is 34.3 Å². The zero-order valence-corrected chi connectivity index (χ0v) is 13.5. The van der Waals surface area contributed by atoms with Crippen molar-refractivity contribution in [2.24, 2.45) is 17.3 Å². The van der Waals surface area contributed by atoms with Gasteiger partial charge in [-0.15, -0.1) is 0 Å². The molecular formula is C15H32NO2+. The van der Waals surface area contributed by atoms with Gasteiger partial charge in [0, 0.05) is 0 Å². The van der Waals surface area contributed by atoms with E-state index in [1.54, 1.807) is 0 Å². The quantitative estimate of drug-likeness (QED) is 0.541. The Morgan fingerprint density at radius 1 is 1.17 bits per heavy atom. The highest BCUT2D eigenvalue weighted by molar-refractivity contribution is 5.72. The number of carbonyl (C=O) groups excluding carboxylic acids is 1. The third kappa shape index (κ3) is 8.51. The molecule has 0 saturated heterocycles. The van der Waals surface area contributed by atoms with Crippen molar-refractivity contribution in [1.29, 1.82) is 0 Å². The van der Waals surface area contributed by atoms with Crippen molar-refractivity contribution in [3.63, 3.8) is 0 Å². The van der Waals surface area contributed by atoms with Gasteiger partial charge in [-0.1, -0.05) is 34.6 Å². The number of esters is 1. The van der Waals surface area contributed by atoms with Gasteiger partial charge in [0.2, 0.25) is 0 Å². The molecule has 0 bridgehead atoms. The van der Waals surface area contributed by atoms with Gasteiger partial charge in [-0.05, 0) is 17.8 Å². The van der Waals surface area contributed by atoms with Crippen molar-refractivity contribution in [1.82, 2.24) is 0 Å². The molecule has 108 valence electrons. The second kappa shape index (κ2) is 6.55. The molecule has 0 heterocycles. The summed E-state index contributed by atoms with van der Waals surface area (Å²) in [4.78, 5) is 12.1. The van der Waals surface area contributed by atoms with Gasteiger partial charge < -0.3 is 9.22 Å². The van der Waals surface area contributed by atoms with Crippen LogP contribution in [-0.4, -0.2) is 44.7 Å². The first-order chi connectivity index (χ1) is 7.92. The second-order valence-corrected chi connectivity index (χ2v) is 7.80. The van der Waals surface area contributed by atoms with Crippen LogP contribution in [0.1, 0.15) is 41.0 Å². The minimum atomic E-state index is -0.0339. The van der Waals surface area contributed by atoms with Crippen LogP contribution in [0.5, 0.6) is 0 Å². The molecule has 1 unspecified atom stereocenters. The first-order valence-electron chi connectivity index (χ1n) is 6.89. The van der Waals surface area contributed by atoms with Crippen LogP contribution >= 0.6 is 0 Å². The largest absolute Gasteiger partial charge is 0.459 e. The molecule has 0 amide bonds. The van der Waals surface area contributed by atoms with Crippen molar-refractivity contribution in [3.8, 4) is 0 Å². The lowest BCUT2D eigenvalue weighted by Gasteiger charge is -2.28. The molecule has 0 saturated carbocycles. The summed E-state index contributed by atoms with van der Waals surface area (Å²) < 4.78 is 6.25. The van der Waals surface area contributed by atoms with Gasteiger partial charge in [0.25, 0.3) is 0 Å². The predicted octanol–water partition coefficient (Wildman–Crippen LogP) is 2.94. The second-order valence-electron chi connectivity index (χ2n) is 7.80. The van der Waals surface area contributed by atoms with E-state index in [0.717, 1.165) is 17.4 Å². The highest BCUT2D eigenvalue weighted by Crippen LogP contribution is 2.29. The van der Waals surface area contributed by atoms with E-state index in [9.17, 15) is 4.79 Å². The first-order valence-corrected chi connectivity index (χ1v) is 6.89. The van der Waals surface area contributed by atoms with E-state index in [1.807, 2.05) is 0 Å². The van der Waals surface area contributed by atoms with Gasteiger partial charge in [-0.2, -0.15) is 0 Å². The molecule has 0 radical (unpaired) electrons. The van der Waals surface area contributed by atoms with E-state index in [0.29, 0.717) is 12.5 Å². The van der Waals surface area contributed by atoms with Crippen molar-refractivity contribution < 1.29 is 14.0 Å². The Hall–Kier alpha value is -0.570. The zero-order chi connectivity index (χ0) is 14.6. The van der Waals surface area contributed by atoms with Crippen molar-refractivity contribution in [3.05, 3.63) is 0 Å². The summed E-state index contributed by atoms with van der Waals surface area (Å²) in [7, 11) is 6.30. The van der Waals surface area contributed by atoms with Crippen LogP contribution in [0.25, 0.3) is 0 Å². The molecule has 1 atom stereocenters. The Morgan fingerprint density at radius 3 is 2.00 bits per heavy atom. The van der Waals surface area contributed by atoms with Gasteiger partial charge in [-0.25, -0.2) is 0 Å². The van der Waals surface area contributed by atoms with Gasteiger partial charge >= 0.3 is 5.97 Å². The minimum Gasteiger partial charge on any atom is -0.459 e. The number of hydrogen-bond donors (Lipinski definition) is 0. The molecule has 0 rings (SSSR count). The van der Waals surface area contributed by atoms with Crippen molar-refractivity contribution >= 4 is 5.97 Å². The summed E-state index contributed by atoms with van der Waals surface area (Å²) in [6, 6.07) is 0. The fourth-order valence-corrected chi connectivity index (χ4v) is 1.78. The monoisotopic (exact) mass is 258 g/mol. The van der Waals surface area contributed by atoms with Crippen LogP contribution in [0.3, 0.4) is 0 Å². The molecule has 3 nitrogen and oxygen atoms in total. The van der Waals surface area contributed by atoms with E-state index in [4.69, 9.17) is 4.74 Å². The molecule has 0 fully saturated rings. The Kier molecular flexibility index (Phi) is 6.35. The number of ether oxygens (including phenoxy) is 1. The average Bonchev–Trinajstić information content (AvgIpc) is 2.09. The summed E-state index contributed by atoms with van der Waals surface area (Å²) in [5.74, 6) is 0.312. The molecule has 0 aliphatic heterocycles. The van der Waals surface area contributed by atoms with E-state index >= 15 is 0 Å². The smallest absolute Gasteiger partial charge is 0.309 e. The number of quaternary nitrogens is 1. The SMILES string of the molecule is CC(C)C(CC(C)(C)C)C(=O)OCC[N+](C)(C)C. The maximum absolute atomic E-state index is 12.1. The van der Waals surface area contributed by atoms with Crippen LogP contribution in [-0.2, 0) is 9.53 Å². The molecular weight excluding hydrogens is 226 g/mol. The number of likely N-dealkylation sites (N-methyl/N-ethyl adjacent to an activating group) is 1. The van der Waals surface area contributed by atoms with E-state index < -0.39 is 0 Å². The normalized spacial score (nSPS) is 14.7. The standard InChI is InChI=1S/C15H32NO2/c1-12(2)13(11-15(3,4)5)14(17)18-10-9-16(6,7)8/h12-13H,9-11H2,1-8H3/q+1. The van der Waals surface area contributed by atoms with Crippen molar-refractivity contribution in [2.45, 2.75) is 41.0 Å². The fourth-order valence-electron chi connectivity index (χ4n) is 1.78. The van der Waals surface area contributed by atoms with Crippen LogP contribution < -0.4 is 0 Å². The van der Waals surface area contributed by atoms with Gasteiger partial charge in [0.05, 0.1) is 27.1 Å². The summed E-state index contributed by atoms with van der Waals surface area (Å²) in [5, 5.41) is 0. The third-order valence-corrected chi connectivity index (χ3v) is 2.95. The minimum absolute atomic E-state index is 0.0115. The Bertz CT molecular complexity index is 259. The average molecular weight is 258 g/mol. The summed E-state index contributed by atoms with van der Waals surface area (Å²) in [6.07, 6.45) is 0.883. The lowest BCUT2D eigenvalue weighted by atomic mass is 9.80. The molecule has 0 aromatic heterocycles. The predicted molar refractivity (Wildman–Crippen MR) is 76.3 cm³/mol. The molecule has 3 heteroatoms. The maximum Gasteiger partial charge on any atom is 0.309 e. The number of hydrogen-bond acceptors (Lipinski definition) is 2. The summed E-state index contributed by atoms with van der Waals surface area (Å²) >= 11 is 0. The molecule has 0 aliphatic rings. The highest BCUT2D eigenvalue weighted by atomic mass is 16.5. The lowest BCUT2D eigenvalue weighted by Crippen LogP contribution is -2.38. The van der Waals surface area contributed by atoms with Gasteiger partial charge in [-0.3, -0.25) is 4.79 Å². The summed E-state index contributed by atoms with van der Waals surface area (Å²) in [6.45, 7) is 12.1. The molecule has 0 aromatic rings.